The van der Waals surface area contributed by atoms with Crippen molar-refractivity contribution in [3.05, 3.63) is 32.8 Å². The van der Waals surface area contributed by atoms with Crippen LogP contribution in [0.5, 0.6) is 0 Å². The number of hydrogen-bond donors (Lipinski definition) is 1. The summed E-state index contributed by atoms with van der Waals surface area (Å²) in [5, 5.41) is 19.6. The van der Waals surface area contributed by atoms with Crippen molar-refractivity contribution in [2.45, 2.75) is 11.8 Å². The second kappa shape index (κ2) is 5.83. The maximum atomic E-state index is 12.1. The van der Waals surface area contributed by atoms with Gasteiger partial charge in [0.2, 0.25) is 10.0 Å². The van der Waals surface area contributed by atoms with Crippen LogP contribution >= 0.6 is 11.6 Å². The van der Waals surface area contributed by atoms with E-state index >= 15 is 0 Å². The molecule has 0 aromatic heterocycles. The number of aliphatic hydroxyl groups is 1. The van der Waals surface area contributed by atoms with Gasteiger partial charge in [0.15, 0.2) is 0 Å². The van der Waals surface area contributed by atoms with Gasteiger partial charge in [-0.05, 0) is 13.0 Å². The molecule has 1 N–H and O–H groups in total. The second-order valence-corrected chi connectivity index (χ2v) is 6.31. The Morgan fingerprint density at radius 3 is 2.53 bits per heavy atom. The molecule has 0 heterocycles. The van der Waals surface area contributed by atoms with Gasteiger partial charge in [0.25, 0.3) is 5.69 Å². The summed E-state index contributed by atoms with van der Waals surface area (Å²) >= 11 is 5.81. The van der Waals surface area contributed by atoms with Crippen molar-refractivity contribution in [2.75, 3.05) is 20.2 Å². The quantitative estimate of drug-likeness (QED) is 0.650. The van der Waals surface area contributed by atoms with Crippen LogP contribution in [-0.2, 0) is 10.0 Å². The van der Waals surface area contributed by atoms with Crippen LogP contribution in [0.3, 0.4) is 0 Å². The Morgan fingerprint density at radius 1 is 1.47 bits per heavy atom. The van der Waals surface area contributed by atoms with E-state index in [4.69, 9.17) is 16.7 Å². The molecule has 0 aliphatic carbocycles. The molecule has 0 amide bonds. The highest BCUT2D eigenvalue weighted by molar-refractivity contribution is 7.89. The van der Waals surface area contributed by atoms with E-state index in [-0.39, 0.29) is 34.3 Å². The molecule has 1 aromatic carbocycles. The monoisotopic (exact) mass is 308 g/mol. The van der Waals surface area contributed by atoms with Gasteiger partial charge >= 0.3 is 0 Å². The molecule has 0 bridgehead atoms. The summed E-state index contributed by atoms with van der Waals surface area (Å²) < 4.78 is 25.1. The fourth-order valence-corrected chi connectivity index (χ4v) is 2.91. The van der Waals surface area contributed by atoms with E-state index in [1.807, 2.05) is 0 Å². The standard InChI is InChI=1S/C10H13ClN2O5S/c1-7-9(11)5-8(6-10(7)13(15)16)19(17,18)12(2)3-4-14/h5-6,14H,3-4H2,1-2H3. The van der Waals surface area contributed by atoms with Gasteiger partial charge < -0.3 is 5.11 Å². The maximum absolute atomic E-state index is 12.1. The Morgan fingerprint density at radius 2 is 2.05 bits per heavy atom. The van der Waals surface area contributed by atoms with E-state index in [1.165, 1.54) is 14.0 Å². The summed E-state index contributed by atoms with van der Waals surface area (Å²) in [5.74, 6) is 0. The maximum Gasteiger partial charge on any atom is 0.275 e. The Balaban J connectivity index is 3.40. The van der Waals surface area contributed by atoms with Gasteiger partial charge in [-0.1, -0.05) is 11.6 Å². The highest BCUT2D eigenvalue weighted by Gasteiger charge is 2.25. The van der Waals surface area contributed by atoms with Crippen molar-refractivity contribution in [2.24, 2.45) is 0 Å². The molecule has 0 spiro atoms. The largest absolute Gasteiger partial charge is 0.395 e. The molecule has 1 aromatic rings. The topological polar surface area (TPSA) is 101 Å². The number of likely N-dealkylation sites (N-methyl/N-ethyl adjacent to an activating group) is 1. The number of hydrogen-bond acceptors (Lipinski definition) is 5. The zero-order chi connectivity index (χ0) is 14.8. The van der Waals surface area contributed by atoms with Gasteiger partial charge in [-0.2, -0.15) is 4.31 Å². The Labute approximate surface area is 115 Å². The van der Waals surface area contributed by atoms with Crippen molar-refractivity contribution < 1.29 is 18.4 Å². The Kier molecular flexibility index (Phi) is 4.86. The molecular weight excluding hydrogens is 296 g/mol. The molecule has 0 aliphatic heterocycles. The summed E-state index contributed by atoms with van der Waals surface area (Å²) in [6, 6.07) is 2.12. The minimum atomic E-state index is -3.91. The highest BCUT2D eigenvalue weighted by Crippen LogP contribution is 2.30. The van der Waals surface area contributed by atoms with Gasteiger partial charge in [0.1, 0.15) is 0 Å². The van der Waals surface area contributed by atoms with E-state index in [0.29, 0.717) is 0 Å². The van der Waals surface area contributed by atoms with Crippen LogP contribution in [0.1, 0.15) is 5.56 Å². The summed E-state index contributed by atoms with van der Waals surface area (Å²) in [4.78, 5) is 9.89. The summed E-state index contributed by atoms with van der Waals surface area (Å²) in [5.41, 5.74) is -0.154. The fourth-order valence-electron chi connectivity index (χ4n) is 1.42. The average Bonchev–Trinajstić information content (AvgIpc) is 2.32. The third-order valence-corrected chi connectivity index (χ3v) is 4.84. The minimum Gasteiger partial charge on any atom is -0.395 e. The van der Waals surface area contributed by atoms with Crippen LogP contribution in [0.15, 0.2) is 17.0 Å². The predicted octanol–water partition coefficient (Wildman–Crippen LogP) is 1.17. The van der Waals surface area contributed by atoms with Crippen LogP contribution in [0, 0.1) is 17.0 Å². The molecule has 19 heavy (non-hydrogen) atoms. The molecule has 9 heteroatoms. The van der Waals surface area contributed by atoms with Crippen molar-refractivity contribution >= 4 is 27.3 Å². The van der Waals surface area contributed by atoms with Gasteiger partial charge in [-0.25, -0.2) is 8.42 Å². The number of aliphatic hydroxyl groups excluding tert-OH is 1. The van der Waals surface area contributed by atoms with Crippen LogP contribution in [-0.4, -0.2) is 43.0 Å². The van der Waals surface area contributed by atoms with Gasteiger partial charge in [0.05, 0.1) is 21.4 Å². The minimum absolute atomic E-state index is 0.00479. The van der Waals surface area contributed by atoms with Gasteiger partial charge in [-0.15, -0.1) is 0 Å². The van der Waals surface area contributed by atoms with Crippen molar-refractivity contribution in [1.82, 2.24) is 4.31 Å². The van der Waals surface area contributed by atoms with Crippen molar-refractivity contribution in [3.8, 4) is 0 Å². The molecular formula is C10H13ClN2O5S. The molecule has 0 radical (unpaired) electrons. The van der Waals surface area contributed by atoms with Crippen LogP contribution < -0.4 is 0 Å². The molecule has 0 saturated heterocycles. The third-order valence-electron chi connectivity index (χ3n) is 2.61. The first kappa shape index (κ1) is 15.8. The van der Waals surface area contributed by atoms with E-state index < -0.39 is 14.9 Å². The molecule has 0 saturated carbocycles. The molecule has 0 unspecified atom stereocenters. The first-order valence-corrected chi connectivity index (χ1v) is 7.05. The molecule has 7 nitrogen and oxygen atoms in total. The average molecular weight is 309 g/mol. The SMILES string of the molecule is Cc1c(Cl)cc(S(=O)(=O)N(C)CCO)cc1[N+](=O)[O-]. The lowest BCUT2D eigenvalue weighted by molar-refractivity contribution is -0.385. The first-order chi connectivity index (χ1) is 8.71. The zero-order valence-electron chi connectivity index (χ0n) is 10.3. The molecule has 0 aliphatic rings. The summed E-state index contributed by atoms with van der Waals surface area (Å²) in [6.45, 7) is 0.980. The van der Waals surface area contributed by atoms with Gasteiger partial charge in [0, 0.05) is 25.2 Å². The Hall–Kier alpha value is -1.22. The lowest BCUT2D eigenvalue weighted by Gasteiger charge is -2.16. The molecule has 1 rings (SSSR count). The van der Waals surface area contributed by atoms with E-state index in [0.717, 1.165) is 16.4 Å². The van der Waals surface area contributed by atoms with Crippen LogP contribution in [0.4, 0.5) is 5.69 Å². The molecule has 0 atom stereocenters. The third kappa shape index (κ3) is 3.21. The predicted molar refractivity (Wildman–Crippen MR) is 69.7 cm³/mol. The normalized spacial score (nSPS) is 11.8. The van der Waals surface area contributed by atoms with Crippen molar-refractivity contribution in [3.63, 3.8) is 0 Å². The summed E-state index contributed by atoms with van der Waals surface area (Å²) in [7, 11) is -2.64. The molecule has 106 valence electrons. The van der Waals surface area contributed by atoms with Gasteiger partial charge in [-0.3, -0.25) is 10.1 Å². The number of nitro groups is 1. The number of sulfonamides is 1. The fraction of sp³-hybridized carbons (Fsp3) is 0.400. The lowest BCUT2D eigenvalue weighted by Crippen LogP contribution is -2.29. The first-order valence-electron chi connectivity index (χ1n) is 5.23. The van der Waals surface area contributed by atoms with Crippen LogP contribution in [0.2, 0.25) is 5.02 Å². The van der Waals surface area contributed by atoms with E-state index in [9.17, 15) is 18.5 Å². The van der Waals surface area contributed by atoms with Crippen LogP contribution in [0.25, 0.3) is 0 Å². The second-order valence-electron chi connectivity index (χ2n) is 3.86. The number of nitrogens with zero attached hydrogens (tertiary/aromatic N) is 2. The molecule has 0 fully saturated rings. The smallest absolute Gasteiger partial charge is 0.275 e. The summed E-state index contributed by atoms with van der Waals surface area (Å²) in [6.07, 6.45) is 0. The van der Waals surface area contributed by atoms with E-state index in [1.54, 1.807) is 0 Å². The lowest BCUT2D eigenvalue weighted by atomic mass is 10.2. The number of nitro benzene ring substituents is 1. The number of rotatable bonds is 5. The van der Waals surface area contributed by atoms with E-state index in [2.05, 4.69) is 0 Å². The number of halogens is 1. The zero-order valence-corrected chi connectivity index (χ0v) is 11.9. The Bertz CT molecular complexity index is 602. The highest BCUT2D eigenvalue weighted by atomic mass is 35.5. The number of benzene rings is 1. The van der Waals surface area contributed by atoms with Crippen molar-refractivity contribution in [1.29, 1.82) is 0 Å².